The van der Waals surface area contributed by atoms with Crippen LogP contribution >= 0.6 is 15.9 Å². The number of carbonyl (C=O) groups is 1. The van der Waals surface area contributed by atoms with Gasteiger partial charge in [-0.3, -0.25) is 4.79 Å². The van der Waals surface area contributed by atoms with Crippen LogP contribution in [0.1, 0.15) is 10.6 Å². The summed E-state index contributed by atoms with van der Waals surface area (Å²) >= 11 is 3.23. The highest BCUT2D eigenvalue weighted by molar-refractivity contribution is 9.10. The van der Waals surface area contributed by atoms with Gasteiger partial charge in [-0.05, 0) is 30.3 Å². The van der Waals surface area contributed by atoms with Crippen LogP contribution in [0.15, 0.2) is 44.1 Å². The summed E-state index contributed by atoms with van der Waals surface area (Å²) in [6.45, 7) is 0. The lowest BCUT2D eigenvalue weighted by atomic mass is 10.2. The van der Waals surface area contributed by atoms with Crippen LogP contribution in [0.2, 0.25) is 0 Å². The van der Waals surface area contributed by atoms with E-state index in [1.165, 1.54) is 12.1 Å². The molecule has 0 aliphatic rings. The number of hydrogen-bond acceptors (Lipinski definition) is 4. The molecular weight excluding hydrogens is 320 g/mol. The lowest BCUT2D eigenvalue weighted by Gasteiger charge is -2.06. The highest BCUT2D eigenvalue weighted by Crippen LogP contribution is 2.31. The largest absolute Gasteiger partial charge is 0.453 e. The Bertz CT molecular complexity index is 701. The maximum Gasteiger partial charge on any atom is 0.185 e. The summed E-state index contributed by atoms with van der Waals surface area (Å²) in [6.07, 6.45) is 1.70. The molecule has 1 heterocycles. The number of benzene rings is 1. The van der Waals surface area contributed by atoms with Gasteiger partial charge in [-0.1, -0.05) is 15.9 Å². The summed E-state index contributed by atoms with van der Waals surface area (Å²) in [5.74, 6) is 0.511. The smallest absolute Gasteiger partial charge is 0.185 e. The van der Waals surface area contributed by atoms with Crippen LogP contribution in [0.3, 0.4) is 0 Å². The van der Waals surface area contributed by atoms with Crippen molar-refractivity contribution >= 4 is 32.1 Å². The van der Waals surface area contributed by atoms with Crippen LogP contribution in [0, 0.1) is 0 Å². The van der Waals surface area contributed by atoms with Crippen molar-refractivity contribution in [2.45, 2.75) is 4.90 Å². The van der Waals surface area contributed by atoms with Crippen LogP contribution in [-0.2, 0) is 9.84 Å². The van der Waals surface area contributed by atoms with Gasteiger partial charge in [0.05, 0.1) is 4.90 Å². The maximum absolute atomic E-state index is 11.7. The molecule has 4 nitrogen and oxygen atoms in total. The fourth-order valence-corrected chi connectivity index (χ4v) is 2.99. The molecule has 0 aliphatic carbocycles. The average molecular weight is 329 g/mol. The second-order valence-electron chi connectivity index (χ2n) is 3.73. The molecule has 0 radical (unpaired) electrons. The van der Waals surface area contributed by atoms with Crippen LogP contribution < -0.4 is 0 Å². The number of rotatable bonds is 3. The minimum absolute atomic E-state index is 0.156. The first kappa shape index (κ1) is 13.0. The van der Waals surface area contributed by atoms with E-state index in [4.69, 9.17) is 4.42 Å². The molecule has 18 heavy (non-hydrogen) atoms. The van der Waals surface area contributed by atoms with Gasteiger partial charge in [0.2, 0.25) is 0 Å². The summed E-state index contributed by atoms with van der Waals surface area (Å²) in [7, 11) is -3.38. The predicted molar refractivity (Wildman–Crippen MR) is 70.3 cm³/mol. The molecule has 6 heteroatoms. The Morgan fingerprint density at radius 3 is 2.50 bits per heavy atom. The van der Waals surface area contributed by atoms with E-state index in [1.54, 1.807) is 18.2 Å². The minimum Gasteiger partial charge on any atom is -0.453 e. The number of furan rings is 1. The Hall–Kier alpha value is -1.40. The Morgan fingerprint density at radius 1 is 1.22 bits per heavy atom. The lowest BCUT2D eigenvalue weighted by Crippen LogP contribution is -1.99. The Labute approximate surface area is 113 Å². The second-order valence-corrected chi connectivity index (χ2v) is 6.63. The van der Waals surface area contributed by atoms with Gasteiger partial charge >= 0.3 is 0 Å². The second kappa shape index (κ2) is 4.70. The van der Waals surface area contributed by atoms with E-state index >= 15 is 0 Å². The van der Waals surface area contributed by atoms with Crippen molar-refractivity contribution in [2.75, 3.05) is 6.26 Å². The first-order chi connectivity index (χ1) is 8.41. The van der Waals surface area contributed by atoms with Gasteiger partial charge in [0, 0.05) is 16.3 Å². The van der Waals surface area contributed by atoms with Crippen molar-refractivity contribution in [1.29, 1.82) is 0 Å². The quantitative estimate of drug-likeness (QED) is 0.812. The van der Waals surface area contributed by atoms with Gasteiger partial charge in [-0.2, -0.15) is 0 Å². The van der Waals surface area contributed by atoms with Gasteiger partial charge in [-0.25, -0.2) is 8.42 Å². The van der Waals surface area contributed by atoms with Gasteiger partial charge < -0.3 is 4.42 Å². The highest BCUT2D eigenvalue weighted by Gasteiger charge is 2.17. The first-order valence-corrected chi connectivity index (χ1v) is 7.65. The molecule has 2 aromatic rings. The summed E-state index contributed by atoms with van der Waals surface area (Å²) in [4.78, 5) is 10.7. The van der Waals surface area contributed by atoms with Crippen molar-refractivity contribution in [3.05, 3.63) is 40.6 Å². The molecule has 0 bridgehead atoms. The van der Waals surface area contributed by atoms with E-state index in [2.05, 4.69) is 15.9 Å². The van der Waals surface area contributed by atoms with Gasteiger partial charge in [-0.15, -0.1) is 0 Å². The fraction of sp³-hybridized carbons (Fsp3) is 0.0833. The number of sulfone groups is 1. The molecule has 1 aromatic heterocycles. The van der Waals surface area contributed by atoms with Crippen molar-refractivity contribution in [2.24, 2.45) is 0 Å². The molecule has 2 rings (SSSR count). The van der Waals surface area contributed by atoms with Crippen molar-refractivity contribution < 1.29 is 17.6 Å². The fourth-order valence-electron chi connectivity index (χ4n) is 1.57. The zero-order valence-corrected chi connectivity index (χ0v) is 11.8. The summed E-state index contributed by atoms with van der Waals surface area (Å²) < 4.78 is 29.4. The minimum atomic E-state index is -3.38. The topological polar surface area (TPSA) is 64.3 Å². The molecule has 0 fully saturated rings. The van der Waals surface area contributed by atoms with Gasteiger partial charge in [0.1, 0.15) is 5.76 Å². The predicted octanol–water partition coefficient (Wildman–Crippen LogP) is 2.93. The van der Waals surface area contributed by atoms with E-state index in [9.17, 15) is 13.2 Å². The third-order valence-corrected chi connectivity index (χ3v) is 3.98. The van der Waals surface area contributed by atoms with E-state index in [0.29, 0.717) is 22.1 Å². The molecular formula is C12H9BrO4S. The highest BCUT2D eigenvalue weighted by atomic mass is 79.9. The van der Waals surface area contributed by atoms with Crippen molar-refractivity contribution in [3.63, 3.8) is 0 Å². The van der Waals surface area contributed by atoms with Crippen LogP contribution in [0.5, 0.6) is 0 Å². The molecule has 0 spiro atoms. The maximum atomic E-state index is 11.7. The third-order valence-electron chi connectivity index (χ3n) is 2.35. The lowest BCUT2D eigenvalue weighted by molar-refractivity contribution is 0.110. The molecule has 1 aromatic carbocycles. The number of carbonyl (C=O) groups excluding carboxylic acids is 1. The molecule has 0 atom stereocenters. The molecule has 0 unspecified atom stereocenters. The monoisotopic (exact) mass is 328 g/mol. The van der Waals surface area contributed by atoms with Crippen molar-refractivity contribution in [1.82, 2.24) is 0 Å². The molecule has 0 saturated carbocycles. The van der Waals surface area contributed by atoms with E-state index in [0.717, 1.165) is 6.26 Å². The summed E-state index contributed by atoms with van der Waals surface area (Å²) in [6, 6.07) is 7.92. The summed E-state index contributed by atoms with van der Waals surface area (Å²) in [5.41, 5.74) is 0.439. The van der Waals surface area contributed by atoms with E-state index in [-0.39, 0.29) is 10.7 Å². The van der Waals surface area contributed by atoms with Crippen LogP contribution in [0.25, 0.3) is 11.3 Å². The van der Waals surface area contributed by atoms with E-state index in [1.807, 2.05) is 0 Å². The van der Waals surface area contributed by atoms with Crippen LogP contribution in [0.4, 0.5) is 0 Å². The zero-order valence-electron chi connectivity index (χ0n) is 9.38. The van der Waals surface area contributed by atoms with E-state index < -0.39 is 9.84 Å². The van der Waals surface area contributed by atoms with Gasteiger partial charge in [0.15, 0.2) is 21.9 Å². The van der Waals surface area contributed by atoms with Crippen LogP contribution in [-0.4, -0.2) is 21.0 Å². The molecule has 0 saturated heterocycles. The Kier molecular flexibility index (Phi) is 3.41. The molecule has 0 aliphatic heterocycles. The van der Waals surface area contributed by atoms with Gasteiger partial charge in [0.25, 0.3) is 0 Å². The molecule has 0 amide bonds. The zero-order chi connectivity index (χ0) is 13.3. The third kappa shape index (κ3) is 2.54. The number of aldehydes is 1. The molecule has 94 valence electrons. The Morgan fingerprint density at radius 2 is 1.94 bits per heavy atom. The SMILES string of the molecule is CS(=O)(=O)c1cc(Br)ccc1-c1ccc(C=O)o1. The Balaban J connectivity index is 2.67. The van der Waals surface area contributed by atoms with Crippen molar-refractivity contribution in [3.8, 4) is 11.3 Å². The average Bonchev–Trinajstić information content (AvgIpc) is 2.76. The molecule has 0 N–H and O–H groups in total. The number of halogens is 1. The normalized spacial score (nSPS) is 11.4. The number of hydrogen-bond donors (Lipinski definition) is 0. The standard InChI is InChI=1S/C12H9BrO4S/c1-18(15,16)12-6-8(13)2-4-10(12)11-5-3-9(7-14)17-11/h2-7H,1H3. The first-order valence-electron chi connectivity index (χ1n) is 4.97. The summed E-state index contributed by atoms with van der Waals surface area (Å²) in [5, 5.41) is 0.